The van der Waals surface area contributed by atoms with Crippen molar-refractivity contribution < 1.29 is 14.3 Å². The van der Waals surface area contributed by atoms with Gasteiger partial charge in [0.1, 0.15) is 23.0 Å². The fourth-order valence-corrected chi connectivity index (χ4v) is 4.59. The van der Waals surface area contributed by atoms with Gasteiger partial charge in [-0.3, -0.25) is 4.79 Å². The first kappa shape index (κ1) is 20.8. The topological polar surface area (TPSA) is 100 Å². The molecule has 0 spiro atoms. The van der Waals surface area contributed by atoms with E-state index in [1.165, 1.54) is 11.7 Å². The third kappa shape index (κ3) is 3.74. The first-order chi connectivity index (χ1) is 16.1. The van der Waals surface area contributed by atoms with E-state index >= 15 is 0 Å². The van der Waals surface area contributed by atoms with Crippen LogP contribution in [0.4, 0.5) is 5.69 Å². The van der Waals surface area contributed by atoms with Crippen molar-refractivity contribution in [3.05, 3.63) is 77.5 Å². The number of carbonyl (C=O) groups excluding carboxylic acids is 2. The van der Waals surface area contributed by atoms with E-state index in [-0.39, 0.29) is 6.61 Å². The van der Waals surface area contributed by atoms with E-state index < -0.39 is 5.97 Å². The molecule has 0 fully saturated rings. The van der Waals surface area contributed by atoms with E-state index in [0.717, 1.165) is 44.9 Å². The molecule has 0 saturated carbocycles. The number of ether oxygens (including phenoxy) is 1. The maximum Gasteiger partial charge on any atom is 0.355 e. The molecule has 0 saturated heterocycles. The molecule has 2 N–H and O–H groups in total. The molecule has 0 unspecified atom stereocenters. The van der Waals surface area contributed by atoms with Crippen LogP contribution in [0.15, 0.2) is 60.7 Å². The summed E-state index contributed by atoms with van der Waals surface area (Å²) in [4.78, 5) is 24.4. The molecule has 0 radical (unpaired) electrons. The molecule has 2 heterocycles. The maximum absolute atomic E-state index is 13.2. The molecular weight excluding hydrogens is 436 g/mol. The third-order valence-electron chi connectivity index (χ3n) is 5.55. The number of carbonyl (C=O) groups is 2. The highest BCUT2D eigenvalue weighted by atomic mass is 32.1. The number of hydrogen-bond acceptors (Lipinski definition) is 7. The second-order valence-corrected chi connectivity index (χ2v) is 8.16. The number of fused-ring (bicyclic) bond motifs is 2. The molecule has 8 heteroatoms. The molecule has 0 aliphatic heterocycles. The smallest absolute Gasteiger partial charge is 0.355 e. The summed E-state index contributed by atoms with van der Waals surface area (Å²) in [6.45, 7) is 2.47. The number of aromatic nitrogens is 3. The first-order valence-electron chi connectivity index (χ1n) is 10.4. The van der Waals surface area contributed by atoms with Gasteiger partial charge in [-0.2, -0.15) is 8.75 Å². The quantitative estimate of drug-likeness (QED) is 0.221. The number of nitrogens with two attached hydrogens (primary N) is 1. The third-order valence-corrected chi connectivity index (χ3v) is 6.11. The average Bonchev–Trinajstić information content (AvgIpc) is 3.41. The predicted octanol–water partition coefficient (Wildman–Crippen LogP) is 4.93. The van der Waals surface area contributed by atoms with Crippen LogP contribution in [0.5, 0.6) is 0 Å². The molecule has 0 atom stereocenters. The molecule has 5 aromatic rings. The van der Waals surface area contributed by atoms with Crippen LogP contribution < -0.4 is 5.73 Å². The van der Waals surface area contributed by atoms with Gasteiger partial charge in [0.15, 0.2) is 0 Å². The number of rotatable bonds is 6. The summed E-state index contributed by atoms with van der Waals surface area (Å²) in [5.74, 6) is -0.418. The zero-order valence-electron chi connectivity index (χ0n) is 17.8. The molecule has 0 amide bonds. The molecule has 33 heavy (non-hydrogen) atoms. The van der Waals surface area contributed by atoms with Gasteiger partial charge in [0, 0.05) is 34.3 Å². The lowest BCUT2D eigenvalue weighted by atomic mass is 10.0. The van der Waals surface area contributed by atoms with Crippen molar-refractivity contribution in [1.82, 2.24) is 13.3 Å². The van der Waals surface area contributed by atoms with Crippen molar-refractivity contribution in [3.8, 4) is 11.1 Å². The first-order valence-corrected chi connectivity index (χ1v) is 11.2. The second kappa shape index (κ2) is 8.48. The van der Waals surface area contributed by atoms with Gasteiger partial charge >= 0.3 is 5.97 Å². The Morgan fingerprint density at radius 2 is 1.85 bits per heavy atom. The van der Waals surface area contributed by atoms with Gasteiger partial charge in [-0.25, -0.2) is 4.79 Å². The van der Waals surface area contributed by atoms with E-state index in [4.69, 9.17) is 10.5 Å². The van der Waals surface area contributed by atoms with Crippen molar-refractivity contribution >= 4 is 51.6 Å². The van der Waals surface area contributed by atoms with Crippen molar-refractivity contribution in [2.45, 2.75) is 13.5 Å². The number of nitrogen functional groups attached to an aromatic ring is 1. The summed E-state index contributed by atoms with van der Waals surface area (Å²) in [7, 11) is 0. The lowest BCUT2D eigenvalue weighted by molar-refractivity contribution is 0.0516. The number of benzene rings is 3. The standard InChI is InChI=1S/C25H20N4O3S/c1-2-32-25(31)24-23(17-6-3-15(14-30)4-7-17)19-12-18(26)8-10-22(19)29(24)13-16-5-9-20-21(11-16)28-33-27-20/h3-12,14H,2,13,26H2,1H3. The fraction of sp³-hybridized carbons (Fsp3) is 0.120. The van der Waals surface area contributed by atoms with Crippen LogP contribution in [0.2, 0.25) is 0 Å². The van der Waals surface area contributed by atoms with Crippen molar-refractivity contribution in [1.29, 1.82) is 0 Å². The van der Waals surface area contributed by atoms with Crippen LogP contribution in [0.25, 0.3) is 33.1 Å². The molecular formula is C25H20N4O3S. The van der Waals surface area contributed by atoms with Crippen molar-refractivity contribution in [2.75, 3.05) is 12.3 Å². The maximum atomic E-state index is 13.2. The van der Waals surface area contributed by atoms with Crippen LogP contribution >= 0.6 is 11.7 Å². The van der Waals surface area contributed by atoms with Gasteiger partial charge in [-0.1, -0.05) is 30.3 Å². The molecule has 3 aromatic carbocycles. The van der Waals surface area contributed by atoms with Crippen LogP contribution in [-0.2, 0) is 11.3 Å². The Kier molecular flexibility index (Phi) is 5.35. The zero-order valence-corrected chi connectivity index (χ0v) is 18.6. The minimum absolute atomic E-state index is 0.252. The Morgan fingerprint density at radius 1 is 1.06 bits per heavy atom. The van der Waals surface area contributed by atoms with Gasteiger partial charge in [0.2, 0.25) is 0 Å². The van der Waals surface area contributed by atoms with Crippen LogP contribution in [-0.4, -0.2) is 32.2 Å². The second-order valence-electron chi connectivity index (χ2n) is 7.63. The molecule has 0 bridgehead atoms. The summed E-state index contributed by atoms with van der Waals surface area (Å²) in [6, 6.07) is 18.6. The van der Waals surface area contributed by atoms with Crippen LogP contribution in [0.1, 0.15) is 33.3 Å². The number of esters is 1. The summed E-state index contributed by atoms with van der Waals surface area (Å²) >= 11 is 1.17. The van der Waals surface area contributed by atoms with Gasteiger partial charge in [-0.15, -0.1) is 0 Å². The molecule has 5 rings (SSSR count). The summed E-state index contributed by atoms with van der Waals surface area (Å²) in [6.07, 6.45) is 0.792. The van der Waals surface area contributed by atoms with Gasteiger partial charge < -0.3 is 15.0 Å². The summed E-state index contributed by atoms with van der Waals surface area (Å²) in [5, 5.41) is 0.841. The van der Waals surface area contributed by atoms with Crippen LogP contribution in [0.3, 0.4) is 0 Å². The number of aldehydes is 1. The molecule has 0 aliphatic carbocycles. The van der Waals surface area contributed by atoms with E-state index in [1.54, 1.807) is 19.1 Å². The highest BCUT2D eigenvalue weighted by Crippen LogP contribution is 2.37. The minimum atomic E-state index is -0.418. The van der Waals surface area contributed by atoms with Crippen molar-refractivity contribution in [2.24, 2.45) is 0 Å². The van der Waals surface area contributed by atoms with Crippen molar-refractivity contribution in [3.63, 3.8) is 0 Å². The Hall–Kier alpha value is -4.04. The molecule has 0 aliphatic rings. The number of nitrogens with zero attached hydrogens (tertiary/aromatic N) is 3. The average molecular weight is 457 g/mol. The lowest BCUT2D eigenvalue weighted by Gasteiger charge is -2.12. The van der Waals surface area contributed by atoms with Crippen LogP contribution in [0, 0.1) is 0 Å². The van der Waals surface area contributed by atoms with E-state index in [1.807, 2.05) is 53.1 Å². The monoisotopic (exact) mass is 456 g/mol. The Morgan fingerprint density at radius 3 is 2.61 bits per heavy atom. The molecule has 7 nitrogen and oxygen atoms in total. The normalized spacial score (nSPS) is 11.2. The Bertz CT molecular complexity index is 1500. The van der Waals surface area contributed by atoms with E-state index in [0.29, 0.717) is 23.5 Å². The summed E-state index contributed by atoms with van der Waals surface area (Å²) in [5.41, 5.74) is 12.8. The fourth-order valence-electron chi connectivity index (χ4n) is 4.08. The van der Waals surface area contributed by atoms with E-state index in [2.05, 4.69) is 8.75 Å². The highest BCUT2D eigenvalue weighted by Gasteiger charge is 2.25. The molecule has 164 valence electrons. The van der Waals surface area contributed by atoms with Gasteiger partial charge in [-0.05, 0) is 48.4 Å². The van der Waals surface area contributed by atoms with Gasteiger partial charge in [0.25, 0.3) is 0 Å². The Balaban J connectivity index is 1.76. The molecule has 2 aromatic heterocycles. The SMILES string of the molecule is CCOC(=O)c1c(-c2ccc(C=O)cc2)c2cc(N)ccc2n1Cc1ccc2nsnc2c1. The minimum Gasteiger partial charge on any atom is -0.461 e. The highest BCUT2D eigenvalue weighted by molar-refractivity contribution is 7.00. The number of anilines is 1. The largest absolute Gasteiger partial charge is 0.461 e. The number of hydrogen-bond donors (Lipinski definition) is 1. The zero-order chi connectivity index (χ0) is 22.9. The Labute approximate surface area is 193 Å². The van der Waals surface area contributed by atoms with Gasteiger partial charge in [0.05, 0.1) is 18.3 Å². The summed E-state index contributed by atoms with van der Waals surface area (Å²) < 4.78 is 16.0. The van der Waals surface area contributed by atoms with E-state index in [9.17, 15) is 9.59 Å². The lowest BCUT2D eigenvalue weighted by Crippen LogP contribution is -2.14. The predicted molar refractivity (Wildman–Crippen MR) is 130 cm³/mol.